The molecule has 0 saturated heterocycles. The van der Waals surface area contributed by atoms with Gasteiger partial charge in [0, 0.05) is 5.22 Å². The van der Waals surface area contributed by atoms with E-state index in [-0.39, 0.29) is 0 Å². The lowest BCUT2D eigenvalue weighted by Gasteiger charge is -2.02. The number of aromatic nitrogens is 2. The topological polar surface area (TPSA) is 28.7 Å². The highest BCUT2D eigenvalue weighted by Crippen LogP contribution is 2.04. The average Bonchev–Trinajstić information content (AvgIpc) is 2.33. The number of hydrogen-bond donors (Lipinski definition) is 1. The molecule has 1 aliphatic rings. The van der Waals surface area contributed by atoms with Crippen molar-refractivity contribution in [3.05, 3.63) is 16.8 Å². The molecule has 1 aliphatic carbocycles. The fraction of sp³-hybridized carbons (Fsp3) is 0.375. The van der Waals surface area contributed by atoms with Crippen molar-refractivity contribution in [2.24, 2.45) is 5.92 Å². The minimum Gasteiger partial charge on any atom is -0.278 e. The summed E-state index contributed by atoms with van der Waals surface area (Å²) in [5.74, 6) is 0.660. The molecule has 0 saturated carbocycles. The maximum Gasteiger partial charge on any atom is 0.0610 e. The van der Waals surface area contributed by atoms with Crippen LogP contribution in [0.25, 0.3) is 12.2 Å². The molecule has 1 aromatic heterocycles. The van der Waals surface area contributed by atoms with Crippen molar-refractivity contribution in [3.63, 3.8) is 0 Å². The molecule has 0 amide bonds. The Balaban J connectivity index is 2.73. The van der Waals surface area contributed by atoms with Gasteiger partial charge in [-0.1, -0.05) is 19.1 Å². The SMILES string of the molecule is C[C@@H]1C=c2[nH]ncc2=CC1. The summed E-state index contributed by atoms with van der Waals surface area (Å²) in [4.78, 5) is 0. The third-order valence-electron chi connectivity index (χ3n) is 1.86. The first-order valence-electron chi connectivity index (χ1n) is 3.58. The Labute approximate surface area is 59.3 Å². The van der Waals surface area contributed by atoms with E-state index in [2.05, 4.69) is 29.3 Å². The predicted molar refractivity (Wildman–Crippen MR) is 40.5 cm³/mol. The van der Waals surface area contributed by atoms with Gasteiger partial charge in [0.15, 0.2) is 0 Å². The predicted octanol–water partition coefficient (Wildman–Crippen LogP) is 0.0105. The molecule has 0 aromatic carbocycles. The lowest BCUT2D eigenvalue weighted by atomic mass is 10.0. The Morgan fingerprint density at radius 1 is 1.70 bits per heavy atom. The Bertz CT molecular complexity index is 334. The summed E-state index contributed by atoms with van der Waals surface area (Å²) in [6.07, 6.45) is 7.47. The largest absolute Gasteiger partial charge is 0.278 e. The fourth-order valence-electron chi connectivity index (χ4n) is 1.27. The summed E-state index contributed by atoms with van der Waals surface area (Å²) < 4.78 is 0. The van der Waals surface area contributed by atoms with Crippen molar-refractivity contribution >= 4 is 12.2 Å². The molecule has 1 aromatic rings. The van der Waals surface area contributed by atoms with Gasteiger partial charge < -0.3 is 0 Å². The van der Waals surface area contributed by atoms with E-state index in [1.54, 1.807) is 0 Å². The summed E-state index contributed by atoms with van der Waals surface area (Å²) in [5.41, 5.74) is 0. The van der Waals surface area contributed by atoms with E-state index in [9.17, 15) is 0 Å². The van der Waals surface area contributed by atoms with Gasteiger partial charge in [-0.2, -0.15) is 5.10 Å². The second-order valence-electron chi connectivity index (χ2n) is 2.82. The number of hydrogen-bond acceptors (Lipinski definition) is 1. The molecular weight excluding hydrogens is 124 g/mol. The van der Waals surface area contributed by atoms with Crippen LogP contribution >= 0.6 is 0 Å². The molecule has 1 atom stereocenters. The average molecular weight is 134 g/mol. The van der Waals surface area contributed by atoms with Crippen LogP contribution in [0.4, 0.5) is 0 Å². The summed E-state index contributed by atoms with van der Waals surface area (Å²) in [6.45, 7) is 2.21. The quantitative estimate of drug-likeness (QED) is 0.532. The highest BCUT2D eigenvalue weighted by atomic mass is 15.1. The molecule has 1 heterocycles. The molecule has 0 fully saturated rings. The summed E-state index contributed by atoms with van der Waals surface area (Å²) in [7, 11) is 0. The Morgan fingerprint density at radius 3 is 3.50 bits per heavy atom. The standard InChI is InChI=1S/C8H10N2/c1-6-2-3-7-5-9-10-8(7)4-6/h3-6,10H,2H2,1H3/t6-/m0/s1. The lowest BCUT2D eigenvalue weighted by Crippen LogP contribution is -2.26. The molecule has 0 bridgehead atoms. The number of fused-ring (bicyclic) bond motifs is 1. The Morgan fingerprint density at radius 2 is 2.60 bits per heavy atom. The molecule has 0 unspecified atom stereocenters. The summed E-state index contributed by atoms with van der Waals surface area (Å²) in [6, 6.07) is 0. The molecule has 10 heavy (non-hydrogen) atoms. The van der Waals surface area contributed by atoms with E-state index in [4.69, 9.17) is 0 Å². The van der Waals surface area contributed by atoms with Gasteiger partial charge in [0.2, 0.25) is 0 Å². The van der Waals surface area contributed by atoms with E-state index < -0.39 is 0 Å². The van der Waals surface area contributed by atoms with Gasteiger partial charge in [0.05, 0.1) is 11.5 Å². The molecule has 2 heteroatoms. The number of H-pyrrole nitrogens is 1. The summed E-state index contributed by atoms with van der Waals surface area (Å²) >= 11 is 0. The first-order chi connectivity index (χ1) is 4.86. The molecular formula is C8H10N2. The van der Waals surface area contributed by atoms with Crippen LogP contribution in [-0.4, -0.2) is 10.2 Å². The highest BCUT2D eigenvalue weighted by molar-refractivity contribution is 5.36. The zero-order valence-corrected chi connectivity index (χ0v) is 5.96. The van der Waals surface area contributed by atoms with Crippen LogP contribution in [0.3, 0.4) is 0 Å². The second-order valence-corrected chi connectivity index (χ2v) is 2.82. The van der Waals surface area contributed by atoms with Crippen molar-refractivity contribution in [2.75, 3.05) is 0 Å². The van der Waals surface area contributed by atoms with Gasteiger partial charge in [-0.05, 0) is 12.3 Å². The first kappa shape index (κ1) is 5.71. The van der Waals surface area contributed by atoms with Crippen LogP contribution in [0.15, 0.2) is 6.20 Å². The highest BCUT2D eigenvalue weighted by Gasteiger charge is 2.00. The van der Waals surface area contributed by atoms with E-state index in [0.717, 1.165) is 6.42 Å². The van der Waals surface area contributed by atoms with Crippen molar-refractivity contribution < 1.29 is 0 Å². The molecule has 0 radical (unpaired) electrons. The van der Waals surface area contributed by atoms with Crippen LogP contribution < -0.4 is 10.6 Å². The zero-order valence-electron chi connectivity index (χ0n) is 5.96. The van der Waals surface area contributed by atoms with Crippen molar-refractivity contribution in [2.45, 2.75) is 13.3 Å². The van der Waals surface area contributed by atoms with E-state index in [0.29, 0.717) is 5.92 Å². The van der Waals surface area contributed by atoms with Crippen molar-refractivity contribution in [1.82, 2.24) is 10.2 Å². The first-order valence-corrected chi connectivity index (χ1v) is 3.58. The zero-order chi connectivity index (χ0) is 6.97. The maximum absolute atomic E-state index is 3.95. The van der Waals surface area contributed by atoms with E-state index in [1.165, 1.54) is 10.6 Å². The minimum atomic E-state index is 0.660. The van der Waals surface area contributed by atoms with Gasteiger partial charge in [-0.15, -0.1) is 0 Å². The van der Waals surface area contributed by atoms with Crippen LogP contribution in [0.5, 0.6) is 0 Å². The number of nitrogens with one attached hydrogen (secondary N) is 1. The van der Waals surface area contributed by atoms with Crippen LogP contribution in [-0.2, 0) is 0 Å². The molecule has 2 nitrogen and oxygen atoms in total. The lowest BCUT2D eigenvalue weighted by molar-refractivity contribution is 0.796. The van der Waals surface area contributed by atoms with Crippen LogP contribution in [0.1, 0.15) is 13.3 Å². The second kappa shape index (κ2) is 1.97. The van der Waals surface area contributed by atoms with Gasteiger partial charge in [-0.25, -0.2) is 0 Å². The number of aromatic amines is 1. The smallest absolute Gasteiger partial charge is 0.0610 e. The van der Waals surface area contributed by atoms with Gasteiger partial charge in [0.1, 0.15) is 0 Å². The minimum absolute atomic E-state index is 0.660. The van der Waals surface area contributed by atoms with Crippen molar-refractivity contribution in [1.29, 1.82) is 0 Å². The molecule has 0 spiro atoms. The van der Waals surface area contributed by atoms with Gasteiger partial charge in [0.25, 0.3) is 0 Å². The Kier molecular flexibility index (Phi) is 1.13. The van der Waals surface area contributed by atoms with Crippen LogP contribution in [0.2, 0.25) is 0 Å². The molecule has 52 valence electrons. The number of rotatable bonds is 0. The molecule has 0 aliphatic heterocycles. The molecule has 1 N–H and O–H groups in total. The summed E-state index contributed by atoms with van der Waals surface area (Å²) in [5, 5.41) is 9.33. The monoisotopic (exact) mass is 134 g/mol. The van der Waals surface area contributed by atoms with Gasteiger partial charge in [-0.3, -0.25) is 5.10 Å². The molecule has 2 rings (SSSR count). The van der Waals surface area contributed by atoms with E-state index in [1.807, 2.05) is 6.20 Å². The van der Waals surface area contributed by atoms with Gasteiger partial charge >= 0.3 is 0 Å². The Hall–Kier alpha value is -1.05. The van der Waals surface area contributed by atoms with Crippen molar-refractivity contribution in [3.8, 4) is 0 Å². The number of nitrogens with zero attached hydrogens (tertiary/aromatic N) is 1. The normalized spacial score (nSPS) is 22.7. The maximum atomic E-state index is 3.95. The third kappa shape index (κ3) is 0.764. The van der Waals surface area contributed by atoms with Crippen LogP contribution in [0, 0.1) is 5.92 Å². The van der Waals surface area contributed by atoms with E-state index >= 15 is 0 Å². The third-order valence-corrected chi connectivity index (χ3v) is 1.86. The fourth-order valence-corrected chi connectivity index (χ4v) is 1.27.